The maximum Gasteiger partial charge on any atom is 0.119 e. The highest BCUT2D eigenvalue weighted by atomic mass is 16.5. The lowest BCUT2D eigenvalue weighted by molar-refractivity contribution is 0.160. The van der Waals surface area contributed by atoms with Gasteiger partial charge in [-0.1, -0.05) is 17.7 Å². The molecule has 100 valence electrons. The van der Waals surface area contributed by atoms with Crippen LogP contribution in [-0.2, 0) is 0 Å². The van der Waals surface area contributed by atoms with Gasteiger partial charge in [0.05, 0.1) is 5.54 Å². The molecule has 0 amide bonds. The fraction of sp³-hybridized carbons (Fsp3) is 0.600. The van der Waals surface area contributed by atoms with Gasteiger partial charge in [-0.25, -0.2) is 0 Å². The molecule has 1 saturated heterocycles. The molecule has 1 N–H and O–H groups in total. The molecule has 1 atom stereocenters. The summed E-state index contributed by atoms with van der Waals surface area (Å²) in [5, 5.41) is 3.62. The Kier molecular flexibility index (Phi) is 4.25. The van der Waals surface area contributed by atoms with Gasteiger partial charge >= 0.3 is 0 Å². The van der Waals surface area contributed by atoms with E-state index in [-0.39, 0.29) is 5.54 Å². The van der Waals surface area contributed by atoms with E-state index in [9.17, 15) is 0 Å². The van der Waals surface area contributed by atoms with Crippen LogP contribution in [0.5, 0.6) is 5.75 Å². The van der Waals surface area contributed by atoms with Gasteiger partial charge in [0.15, 0.2) is 0 Å². The second kappa shape index (κ2) is 5.72. The highest BCUT2D eigenvalue weighted by molar-refractivity contribution is 5.26. The Morgan fingerprint density at radius 3 is 2.56 bits per heavy atom. The molecule has 3 nitrogen and oxygen atoms in total. The predicted octanol–water partition coefficient (Wildman–Crippen LogP) is 2.06. The van der Waals surface area contributed by atoms with Crippen LogP contribution in [0.4, 0.5) is 0 Å². The van der Waals surface area contributed by atoms with Crippen molar-refractivity contribution in [2.75, 3.05) is 33.8 Å². The summed E-state index contributed by atoms with van der Waals surface area (Å²) in [7, 11) is 4.24. The topological polar surface area (TPSA) is 24.5 Å². The van der Waals surface area contributed by atoms with Crippen molar-refractivity contribution in [2.24, 2.45) is 0 Å². The fourth-order valence-electron chi connectivity index (χ4n) is 2.63. The Balaban J connectivity index is 1.95. The number of aryl methyl sites for hydroxylation is 1. The van der Waals surface area contributed by atoms with Gasteiger partial charge in [0.1, 0.15) is 12.4 Å². The van der Waals surface area contributed by atoms with Crippen molar-refractivity contribution in [1.82, 2.24) is 10.2 Å². The first kappa shape index (κ1) is 13.4. The standard InChI is InChI=1S/C15H24N2O/c1-13-5-7-14(8-6-13)18-12-15(11-17(2)3)9-4-10-16-15/h5-8,16H,4,9-12H2,1-3H3. The molecule has 0 aliphatic carbocycles. The molecule has 3 heteroatoms. The Labute approximate surface area is 110 Å². The third kappa shape index (κ3) is 3.47. The minimum absolute atomic E-state index is 0.119. The Bertz CT molecular complexity index is 367. The van der Waals surface area contributed by atoms with Gasteiger partial charge < -0.3 is 15.0 Å². The first-order valence-corrected chi connectivity index (χ1v) is 6.69. The number of rotatable bonds is 5. The van der Waals surface area contributed by atoms with Gasteiger partial charge in [0.25, 0.3) is 0 Å². The highest BCUT2D eigenvalue weighted by Crippen LogP contribution is 2.22. The summed E-state index contributed by atoms with van der Waals surface area (Å²) >= 11 is 0. The molecule has 18 heavy (non-hydrogen) atoms. The molecule has 0 saturated carbocycles. The van der Waals surface area contributed by atoms with Gasteiger partial charge in [0.2, 0.25) is 0 Å². The van der Waals surface area contributed by atoms with E-state index >= 15 is 0 Å². The van der Waals surface area contributed by atoms with Crippen LogP contribution in [-0.4, -0.2) is 44.2 Å². The Morgan fingerprint density at radius 1 is 1.28 bits per heavy atom. The molecule has 1 heterocycles. The van der Waals surface area contributed by atoms with Crippen LogP contribution < -0.4 is 10.1 Å². The van der Waals surface area contributed by atoms with Gasteiger partial charge in [-0.15, -0.1) is 0 Å². The highest BCUT2D eigenvalue weighted by Gasteiger charge is 2.34. The van der Waals surface area contributed by atoms with E-state index in [2.05, 4.69) is 43.4 Å². The molecular formula is C15H24N2O. The quantitative estimate of drug-likeness (QED) is 0.863. The van der Waals surface area contributed by atoms with Gasteiger partial charge in [0, 0.05) is 6.54 Å². The van der Waals surface area contributed by atoms with Crippen molar-refractivity contribution in [1.29, 1.82) is 0 Å². The van der Waals surface area contributed by atoms with Crippen LogP contribution in [0, 0.1) is 6.92 Å². The molecule has 0 bridgehead atoms. The van der Waals surface area contributed by atoms with E-state index < -0.39 is 0 Å². The monoisotopic (exact) mass is 248 g/mol. The van der Waals surface area contributed by atoms with E-state index in [4.69, 9.17) is 4.74 Å². The average molecular weight is 248 g/mol. The third-order valence-electron chi connectivity index (χ3n) is 3.49. The van der Waals surface area contributed by atoms with Gasteiger partial charge in [-0.3, -0.25) is 0 Å². The summed E-state index contributed by atoms with van der Waals surface area (Å²) in [6, 6.07) is 8.29. The van der Waals surface area contributed by atoms with Crippen molar-refractivity contribution in [3.8, 4) is 5.75 Å². The summed E-state index contributed by atoms with van der Waals surface area (Å²) in [5.74, 6) is 0.965. The molecule has 1 fully saturated rings. The maximum absolute atomic E-state index is 5.96. The fourth-order valence-corrected chi connectivity index (χ4v) is 2.63. The van der Waals surface area contributed by atoms with Crippen LogP contribution in [0.3, 0.4) is 0 Å². The molecule has 1 aromatic carbocycles. The first-order valence-electron chi connectivity index (χ1n) is 6.69. The molecule has 2 rings (SSSR count). The molecule has 1 unspecified atom stereocenters. The van der Waals surface area contributed by atoms with Crippen LogP contribution in [0.25, 0.3) is 0 Å². The zero-order valence-corrected chi connectivity index (χ0v) is 11.7. The van der Waals surface area contributed by atoms with Crippen molar-refractivity contribution < 1.29 is 4.74 Å². The number of nitrogens with one attached hydrogen (secondary N) is 1. The van der Waals surface area contributed by atoms with Crippen molar-refractivity contribution in [3.63, 3.8) is 0 Å². The smallest absolute Gasteiger partial charge is 0.119 e. The van der Waals surface area contributed by atoms with Crippen molar-refractivity contribution >= 4 is 0 Å². The minimum atomic E-state index is 0.119. The number of hydrogen-bond donors (Lipinski definition) is 1. The number of ether oxygens (including phenoxy) is 1. The van der Waals surface area contributed by atoms with Crippen molar-refractivity contribution in [2.45, 2.75) is 25.3 Å². The number of benzene rings is 1. The molecular weight excluding hydrogens is 224 g/mol. The zero-order chi connectivity index (χ0) is 13.0. The lowest BCUT2D eigenvalue weighted by Gasteiger charge is -2.32. The van der Waals surface area contributed by atoms with E-state index in [0.717, 1.165) is 25.4 Å². The number of hydrogen-bond acceptors (Lipinski definition) is 3. The average Bonchev–Trinajstić information content (AvgIpc) is 2.76. The second-order valence-electron chi connectivity index (χ2n) is 5.65. The van der Waals surface area contributed by atoms with E-state index in [0.29, 0.717) is 0 Å². The van der Waals surface area contributed by atoms with Gasteiger partial charge in [-0.2, -0.15) is 0 Å². The maximum atomic E-state index is 5.96. The molecule has 0 radical (unpaired) electrons. The summed E-state index contributed by atoms with van der Waals surface area (Å²) < 4.78 is 5.96. The van der Waals surface area contributed by atoms with Crippen LogP contribution in [0.2, 0.25) is 0 Å². The van der Waals surface area contributed by atoms with Crippen LogP contribution in [0.15, 0.2) is 24.3 Å². The summed E-state index contributed by atoms with van der Waals surface area (Å²) in [4.78, 5) is 2.23. The van der Waals surface area contributed by atoms with Gasteiger partial charge in [-0.05, 0) is 52.5 Å². The molecule has 0 spiro atoms. The van der Waals surface area contributed by atoms with E-state index in [1.807, 2.05) is 12.1 Å². The largest absolute Gasteiger partial charge is 0.492 e. The summed E-state index contributed by atoms with van der Waals surface area (Å²) in [5.41, 5.74) is 1.39. The molecule has 1 aliphatic rings. The first-order chi connectivity index (χ1) is 8.60. The molecule has 1 aromatic rings. The Morgan fingerprint density at radius 2 is 2.00 bits per heavy atom. The SMILES string of the molecule is Cc1ccc(OCC2(CN(C)C)CCCN2)cc1. The van der Waals surface area contributed by atoms with E-state index in [1.165, 1.54) is 18.4 Å². The van der Waals surface area contributed by atoms with Crippen LogP contribution >= 0.6 is 0 Å². The molecule has 1 aliphatic heterocycles. The lowest BCUT2D eigenvalue weighted by atomic mass is 9.98. The Hall–Kier alpha value is -1.06. The number of nitrogens with zero attached hydrogens (tertiary/aromatic N) is 1. The second-order valence-corrected chi connectivity index (χ2v) is 5.65. The minimum Gasteiger partial charge on any atom is -0.492 e. The molecule has 0 aromatic heterocycles. The third-order valence-corrected chi connectivity index (χ3v) is 3.49. The normalized spacial score (nSPS) is 23.6. The van der Waals surface area contributed by atoms with E-state index in [1.54, 1.807) is 0 Å². The summed E-state index contributed by atoms with van der Waals surface area (Å²) in [6.07, 6.45) is 2.43. The van der Waals surface area contributed by atoms with Crippen LogP contribution in [0.1, 0.15) is 18.4 Å². The lowest BCUT2D eigenvalue weighted by Crippen LogP contribution is -2.52. The number of likely N-dealkylation sites (N-methyl/N-ethyl adjacent to an activating group) is 1. The zero-order valence-electron chi connectivity index (χ0n) is 11.7. The van der Waals surface area contributed by atoms with Crippen molar-refractivity contribution in [3.05, 3.63) is 29.8 Å². The summed E-state index contributed by atoms with van der Waals surface area (Å²) in [6.45, 7) is 4.97. The predicted molar refractivity (Wildman–Crippen MR) is 75.2 cm³/mol.